The smallest absolute Gasteiger partial charge is 0.254 e. The topological polar surface area (TPSA) is 93.5 Å². The minimum Gasteiger partial charge on any atom is -0.493 e. The van der Waals surface area contributed by atoms with Gasteiger partial charge in [0.1, 0.15) is 0 Å². The summed E-state index contributed by atoms with van der Waals surface area (Å²) in [7, 11) is 1.49. The summed E-state index contributed by atoms with van der Waals surface area (Å²) < 4.78 is 25.4. The molecular formula is C22H23FN4O3. The summed E-state index contributed by atoms with van der Waals surface area (Å²) in [5.74, 6) is 0.316. The van der Waals surface area contributed by atoms with Crippen LogP contribution in [0.1, 0.15) is 34.0 Å². The van der Waals surface area contributed by atoms with Gasteiger partial charge in [-0.25, -0.2) is 4.39 Å². The van der Waals surface area contributed by atoms with Crippen molar-refractivity contribution in [1.82, 2.24) is 15.1 Å². The maximum absolute atomic E-state index is 14.3. The second kappa shape index (κ2) is 8.54. The normalized spacial score (nSPS) is 16.0. The summed E-state index contributed by atoms with van der Waals surface area (Å²) >= 11 is 0. The zero-order chi connectivity index (χ0) is 21.1. The van der Waals surface area contributed by atoms with Crippen molar-refractivity contribution in [2.24, 2.45) is 5.73 Å². The monoisotopic (exact) mass is 410 g/mol. The van der Waals surface area contributed by atoms with Crippen molar-refractivity contribution in [1.29, 1.82) is 0 Å². The molecule has 7 nitrogen and oxygen atoms in total. The zero-order valence-corrected chi connectivity index (χ0v) is 16.6. The van der Waals surface area contributed by atoms with Gasteiger partial charge in [0.2, 0.25) is 0 Å². The van der Waals surface area contributed by atoms with E-state index in [4.69, 9.17) is 15.2 Å². The second-order valence-corrected chi connectivity index (χ2v) is 7.19. The van der Waals surface area contributed by atoms with Crippen molar-refractivity contribution in [3.63, 3.8) is 0 Å². The second-order valence-electron chi connectivity index (χ2n) is 7.19. The SMILES string of the molecule is COc1ccc(C(=O)N2CCC(c3ccn[nH]3)C2)cc1Oc1ccc(CN)cc1F. The summed E-state index contributed by atoms with van der Waals surface area (Å²) in [5.41, 5.74) is 7.69. The first-order chi connectivity index (χ1) is 14.6. The van der Waals surface area contributed by atoms with E-state index < -0.39 is 5.82 Å². The first-order valence-corrected chi connectivity index (χ1v) is 9.72. The fourth-order valence-corrected chi connectivity index (χ4v) is 3.64. The molecule has 1 aliphatic heterocycles. The van der Waals surface area contributed by atoms with Crippen LogP contribution in [0.5, 0.6) is 17.2 Å². The number of likely N-dealkylation sites (tertiary alicyclic amines) is 1. The molecular weight excluding hydrogens is 387 g/mol. The molecule has 3 N–H and O–H groups in total. The predicted molar refractivity (Wildman–Crippen MR) is 109 cm³/mol. The van der Waals surface area contributed by atoms with E-state index in [2.05, 4.69) is 10.2 Å². The highest BCUT2D eigenvalue weighted by Gasteiger charge is 2.29. The number of halogens is 1. The van der Waals surface area contributed by atoms with E-state index in [1.807, 2.05) is 6.07 Å². The fraction of sp³-hybridized carbons (Fsp3) is 0.273. The third-order valence-corrected chi connectivity index (χ3v) is 5.30. The van der Waals surface area contributed by atoms with Crippen LogP contribution < -0.4 is 15.2 Å². The number of hydrogen-bond acceptors (Lipinski definition) is 5. The Kier molecular flexibility index (Phi) is 5.67. The number of carbonyl (C=O) groups is 1. The first-order valence-electron chi connectivity index (χ1n) is 9.72. The molecule has 0 saturated carbocycles. The number of aromatic nitrogens is 2. The van der Waals surface area contributed by atoms with E-state index in [0.717, 1.165) is 12.1 Å². The van der Waals surface area contributed by atoms with Crippen LogP contribution in [-0.2, 0) is 6.54 Å². The van der Waals surface area contributed by atoms with Gasteiger partial charge in [-0.2, -0.15) is 5.10 Å². The molecule has 1 saturated heterocycles. The number of carbonyl (C=O) groups excluding carboxylic acids is 1. The number of methoxy groups -OCH3 is 1. The van der Waals surface area contributed by atoms with Gasteiger partial charge in [0.05, 0.1) is 7.11 Å². The quantitative estimate of drug-likeness (QED) is 0.649. The molecule has 1 aromatic heterocycles. The van der Waals surface area contributed by atoms with Crippen molar-refractivity contribution in [2.75, 3.05) is 20.2 Å². The van der Waals surface area contributed by atoms with Gasteiger partial charge in [0.25, 0.3) is 5.91 Å². The zero-order valence-electron chi connectivity index (χ0n) is 16.6. The van der Waals surface area contributed by atoms with Crippen LogP contribution in [0.4, 0.5) is 4.39 Å². The molecule has 0 bridgehead atoms. The minimum absolute atomic E-state index is 0.0376. The molecule has 8 heteroatoms. The molecule has 1 fully saturated rings. The number of benzene rings is 2. The highest BCUT2D eigenvalue weighted by Crippen LogP contribution is 2.35. The third kappa shape index (κ3) is 3.99. The van der Waals surface area contributed by atoms with E-state index >= 15 is 0 Å². The number of rotatable bonds is 6. The van der Waals surface area contributed by atoms with Gasteiger partial charge in [-0.15, -0.1) is 0 Å². The predicted octanol–water partition coefficient (Wildman–Crippen LogP) is 3.44. The van der Waals surface area contributed by atoms with Gasteiger partial charge < -0.3 is 20.1 Å². The Morgan fingerprint density at radius 3 is 2.77 bits per heavy atom. The van der Waals surface area contributed by atoms with Crippen molar-refractivity contribution < 1.29 is 18.7 Å². The van der Waals surface area contributed by atoms with E-state index in [1.165, 1.54) is 19.2 Å². The summed E-state index contributed by atoms with van der Waals surface area (Å²) in [4.78, 5) is 14.8. The number of H-pyrrole nitrogens is 1. The first kappa shape index (κ1) is 19.9. The number of ether oxygens (including phenoxy) is 2. The lowest BCUT2D eigenvalue weighted by Gasteiger charge is -2.18. The van der Waals surface area contributed by atoms with Gasteiger partial charge in [-0.3, -0.25) is 9.89 Å². The van der Waals surface area contributed by atoms with Gasteiger partial charge in [0.15, 0.2) is 23.1 Å². The number of nitrogens with one attached hydrogen (secondary N) is 1. The van der Waals surface area contributed by atoms with Crippen LogP contribution in [0.3, 0.4) is 0 Å². The van der Waals surface area contributed by atoms with Crippen molar-refractivity contribution in [2.45, 2.75) is 18.9 Å². The Morgan fingerprint density at radius 2 is 2.07 bits per heavy atom. The number of amides is 1. The van der Waals surface area contributed by atoms with Gasteiger partial charge in [-0.05, 0) is 48.4 Å². The van der Waals surface area contributed by atoms with Crippen LogP contribution >= 0.6 is 0 Å². The van der Waals surface area contributed by atoms with Crippen molar-refractivity contribution >= 4 is 5.91 Å². The number of nitrogens with zero attached hydrogens (tertiary/aromatic N) is 2. The molecule has 0 spiro atoms. The van der Waals surface area contributed by atoms with E-state index in [1.54, 1.807) is 35.4 Å². The Hall–Kier alpha value is -3.39. The molecule has 1 aliphatic rings. The maximum atomic E-state index is 14.3. The van der Waals surface area contributed by atoms with Crippen molar-refractivity contribution in [3.05, 3.63) is 71.3 Å². The van der Waals surface area contributed by atoms with Crippen LogP contribution in [0.25, 0.3) is 0 Å². The molecule has 2 heterocycles. The van der Waals surface area contributed by atoms with E-state index in [-0.39, 0.29) is 29.9 Å². The Balaban J connectivity index is 1.54. The molecule has 1 atom stereocenters. The van der Waals surface area contributed by atoms with E-state index in [0.29, 0.717) is 30.0 Å². The number of aromatic amines is 1. The minimum atomic E-state index is -0.529. The molecule has 4 rings (SSSR count). The fourth-order valence-electron chi connectivity index (χ4n) is 3.64. The van der Waals surface area contributed by atoms with E-state index in [9.17, 15) is 9.18 Å². The Bertz CT molecular complexity index is 1040. The lowest BCUT2D eigenvalue weighted by molar-refractivity contribution is 0.0790. The largest absolute Gasteiger partial charge is 0.493 e. The van der Waals surface area contributed by atoms with Crippen LogP contribution in [-0.4, -0.2) is 41.2 Å². The summed E-state index contributed by atoms with van der Waals surface area (Å²) in [6, 6.07) is 11.4. The highest BCUT2D eigenvalue weighted by molar-refractivity contribution is 5.95. The third-order valence-electron chi connectivity index (χ3n) is 5.30. The Morgan fingerprint density at radius 1 is 1.23 bits per heavy atom. The number of nitrogens with two attached hydrogens (primary N) is 1. The molecule has 156 valence electrons. The van der Waals surface area contributed by atoms with Crippen LogP contribution in [0.2, 0.25) is 0 Å². The highest BCUT2D eigenvalue weighted by atomic mass is 19.1. The summed E-state index contributed by atoms with van der Waals surface area (Å²) in [5, 5.41) is 6.96. The standard InChI is InChI=1S/C22H23FN4O3/c1-29-20-5-3-15(11-21(20)30-19-4-2-14(12-24)10-17(19)23)22(28)27-9-7-16(13-27)18-6-8-25-26-18/h2-6,8,10-11,16H,7,9,12-13,24H2,1H3,(H,25,26). The molecule has 1 amide bonds. The van der Waals surface area contributed by atoms with Gasteiger partial charge >= 0.3 is 0 Å². The summed E-state index contributed by atoms with van der Waals surface area (Å²) in [6.07, 6.45) is 2.58. The van der Waals surface area contributed by atoms with Gasteiger partial charge in [0, 0.05) is 43.0 Å². The lowest BCUT2D eigenvalue weighted by atomic mass is 10.1. The molecule has 2 aromatic carbocycles. The number of hydrogen-bond donors (Lipinski definition) is 2. The Labute approximate surface area is 173 Å². The lowest BCUT2D eigenvalue weighted by Crippen LogP contribution is -2.28. The van der Waals surface area contributed by atoms with Crippen molar-refractivity contribution in [3.8, 4) is 17.2 Å². The molecule has 0 radical (unpaired) electrons. The molecule has 3 aromatic rings. The molecule has 1 unspecified atom stereocenters. The van der Waals surface area contributed by atoms with Gasteiger partial charge in [-0.1, -0.05) is 6.07 Å². The van der Waals surface area contributed by atoms with Crippen LogP contribution in [0.15, 0.2) is 48.7 Å². The average molecular weight is 410 g/mol. The summed E-state index contributed by atoms with van der Waals surface area (Å²) in [6.45, 7) is 1.50. The molecule has 0 aliphatic carbocycles. The van der Waals surface area contributed by atoms with Crippen LogP contribution in [0, 0.1) is 5.82 Å². The molecule has 30 heavy (non-hydrogen) atoms. The maximum Gasteiger partial charge on any atom is 0.254 e. The average Bonchev–Trinajstić information content (AvgIpc) is 3.46.